The molecule has 0 unspecified atom stereocenters. The molecular weight excluding hydrogens is 434 g/mol. The molecule has 0 aliphatic heterocycles. The molecule has 9 nitrogen and oxygen atoms in total. The first-order chi connectivity index (χ1) is 14.3. The van der Waals surface area contributed by atoms with Crippen LogP contribution in [-0.2, 0) is 10.0 Å². The molecule has 0 saturated carbocycles. The van der Waals surface area contributed by atoms with Gasteiger partial charge in [-0.15, -0.1) is 0 Å². The van der Waals surface area contributed by atoms with Crippen molar-refractivity contribution >= 4 is 33.5 Å². The van der Waals surface area contributed by atoms with Crippen LogP contribution in [0.3, 0.4) is 0 Å². The summed E-state index contributed by atoms with van der Waals surface area (Å²) in [6, 6.07) is 8.25. The van der Waals surface area contributed by atoms with E-state index in [0.717, 1.165) is 25.5 Å². The minimum Gasteiger partial charge on any atom is -0.493 e. The van der Waals surface area contributed by atoms with Gasteiger partial charge in [-0.05, 0) is 36.8 Å². The van der Waals surface area contributed by atoms with Gasteiger partial charge in [0.2, 0.25) is 5.75 Å². The molecule has 0 aliphatic carbocycles. The number of halogens is 1. The van der Waals surface area contributed by atoms with Crippen LogP contribution in [0.1, 0.15) is 31.7 Å². The highest BCUT2D eigenvalue weighted by Gasteiger charge is 2.22. The van der Waals surface area contributed by atoms with Crippen LogP contribution in [0, 0.1) is 10.1 Å². The summed E-state index contributed by atoms with van der Waals surface area (Å²) in [6.45, 7) is 2.36. The van der Waals surface area contributed by atoms with Crippen LogP contribution in [0.25, 0.3) is 0 Å². The van der Waals surface area contributed by atoms with Gasteiger partial charge in [-0.3, -0.25) is 10.1 Å². The Balaban J connectivity index is 2.23. The molecule has 0 fully saturated rings. The monoisotopic (exact) mass is 455 g/mol. The summed E-state index contributed by atoms with van der Waals surface area (Å²) in [5.41, 5.74) is -0.0360. The van der Waals surface area contributed by atoms with E-state index in [0.29, 0.717) is 11.6 Å². The molecule has 30 heavy (non-hydrogen) atoms. The van der Waals surface area contributed by atoms with Crippen molar-refractivity contribution in [1.82, 2.24) is 4.83 Å². The maximum absolute atomic E-state index is 12.2. The Labute approximate surface area is 179 Å². The van der Waals surface area contributed by atoms with Gasteiger partial charge in [0.25, 0.3) is 10.0 Å². The quantitative estimate of drug-likeness (QED) is 0.235. The Morgan fingerprint density at radius 2 is 1.93 bits per heavy atom. The first-order valence-electron chi connectivity index (χ1n) is 9.08. The third kappa shape index (κ3) is 6.33. The first-order valence-corrected chi connectivity index (χ1v) is 10.9. The molecule has 0 bridgehead atoms. The van der Waals surface area contributed by atoms with Crippen molar-refractivity contribution in [2.45, 2.75) is 31.1 Å². The fourth-order valence-electron chi connectivity index (χ4n) is 2.48. The number of benzene rings is 2. The lowest BCUT2D eigenvalue weighted by molar-refractivity contribution is -0.386. The first kappa shape index (κ1) is 23.4. The number of nitrogens with one attached hydrogen (secondary N) is 1. The lowest BCUT2D eigenvalue weighted by Gasteiger charge is -2.11. The molecule has 1 N–H and O–H groups in total. The summed E-state index contributed by atoms with van der Waals surface area (Å²) < 4.78 is 35.3. The molecule has 162 valence electrons. The van der Waals surface area contributed by atoms with Crippen LogP contribution >= 0.6 is 11.6 Å². The van der Waals surface area contributed by atoms with Crippen LogP contribution in [0.15, 0.2) is 46.4 Å². The molecule has 2 rings (SSSR count). The standard InChI is InChI=1S/C19H22ClN3O6S/c1-3-4-5-10-29-19-17(23(24)25)11-14(12-18(19)28-2)13-21-22-30(26,27)16-8-6-15(20)7-9-16/h6-9,11-13,22H,3-5,10H2,1-2H3/b21-13+. The number of hydrazone groups is 1. The summed E-state index contributed by atoms with van der Waals surface area (Å²) in [5.74, 6) is 0.181. The average molecular weight is 456 g/mol. The van der Waals surface area contributed by atoms with Crippen LogP contribution in [0.4, 0.5) is 5.69 Å². The second-order valence-electron chi connectivity index (χ2n) is 6.19. The third-order valence-corrected chi connectivity index (χ3v) is 5.47. The maximum atomic E-state index is 12.2. The Morgan fingerprint density at radius 1 is 1.23 bits per heavy atom. The molecule has 0 radical (unpaired) electrons. The van der Waals surface area contributed by atoms with Crippen molar-refractivity contribution in [1.29, 1.82) is 0 Å². The van der Waals surface area contributed by atoms with E-state index in [-0.39, 0.29) is 27.6 Å². The smallest absolute Gasteiger partial charge is 0.315 e. The highest BCUT2D eigenvalue weighted by Crippen LogP contribution is 2.38. The van der Waals surface area contributed by atoms with E-state index in [1.165, 1.54) is 43.5 Å². The summed E-state index contributed by atoms with van der Waals surface area (Å²) in [6.07, 6.45) is 3.83. The molecule has 0 amide bonds. The van der Waals surface area contributed by atoms with Gasteiger partial charge in [0.05, 0.1) is 29.8 Å². The number of unbranched alkanes of at least 4 members (excludes halogenated alkanes) is 2. The van der Waals surface area contributed by atoms with Crippen LogP contribution in [0.5, 0.6) is 11.5 Å². The van der Waals surface area contributed by atoms with E-state index in [9.17, 15) is 18.5 Å². The van der Waals surface area contributed by atoms with E-state index in [2.05, 4.69) is 5.10 Å². The summed E-state index contributed by atoms with van der Waals surface area (Å²) in [7, 11) is -2.55. The lowest BCUT2D eigenvalue weighted by Crippen LogP contribution is -2.18. The number of nitro benzene ring substituents is 1. The predicted octanol–water partition coefficient (Wildman–Crippen LogP) is 4.14. The fourth-order valence-corrected chi connectivity index (χ4v) is 3.40. The number of nitro groups is 1. The van der Waals surface area contributed by atoms with E-state index in [1.807, 2.05) is 11.8 Å². The van der Waals surface area contributed by atoms with Gasteiger partial charge < -0.3 is 9.47 Å². The molecule has 0 spiro atoms. The van der Waals surface area contributed by atoms with Gasteiger partial charge in [-0.25, -0.2) is 4.83 Å². The van der Waals surface area contributed by atoms with Crippen molar-refractivity contribution in [3.05, 3.63) is 57.1 Å². The number of methoxy groups -OCH3 is 1. The van der Waals surface area contributed by atoms with Gasteiger partial charge in [0, 0.05) is 16.7 Å². The van der Waals surface area contributed by atoms with E-state index < -0.39 is 14.9 Å². The number of rotatable bonds is 11. The average Bonchev–Trinajstić information content (AvgIpc) is 2.71. The van der Waals surface area contributed by atoms with Crippen molar-refractivity contribution in [2.75, 3.05) is 13.7 Å². The van der Waals surface area contributed by atoms with Crippen molar-refractivity contribution in [3.63, 3.8) is 0 Å². The zero-order valence-electron chi connectivity index (χ0n) is 16.5. The van der Waals surface area contributed by atoms with E-state index in [4.69, 9.17) is 21.1 Å². The largest absolute Gasteiger partial charge is 0.493 e. The van der Waals surface area contributed by atoms with Gasteiger partial charge in [-0.1, -0.05) is 31.4 Å². The van der Waals surface area contributed by atoms with Crippen LogP contribution in [-0.4, -0.2) is 33.3 Å². The second kappa shape index (κ2) is 10.8. The highest BCUT2D eigenvalue weighted by atomic mass is 35.5. The van der Waals surface area contributed by atoms with Crippen molar-refractivity contribution < 1.29 is 22.8 Å². The lowest BCUT2D eigenvalue weighted by atomic mass is 10.2. The van der Waals surface area contributed by atoms with Crippen LogP contribution < -0.4 is 14.3 Å². The molecule has 2 aromatic carbocycles. The van der Waals surface area contributed by atoms with Crippen LogP contribution in [0.2, 0.25) is 5.02 Å². The molecule has 11 heteroatoms. The van der Waals surface area contributed by atoms with E-state index in [1.54, 1.807) is 0 Å². The molecule has 0 aliphatic rings. The van der Waals surface area contributed by atoms with Gasteiger partial charge in [-0.2, -0.15) is 13.5 Å². The topological polar surface area (TPSA) is 120 Å². The van der Waals surface area contributed by atoms with Gasteiger partial charge in [0.15, 0.2) is 5.75 Å². The van der Waals surface area contributed by atoms with Gasteiger partial charge >= 0.3 is 5.69 Å². The molecule has 0 atom stereocenters. The molecule has 0 heterocycles. The number of hydrogen-bond donors (Lipinski definition) is 1. The number of ether oxygens (including phenoxy) is 2. The maximum Gasteiger partial charge on any atom is 0.315 e. The van der Waals surface area contributed by atoms with Gasteiger partial charge in [0.1, 0.15) is 0 Å². The molecule has 0 aromatic heterocycles. The Hall–Kier alpha value is -2.85. The molecule has 2 aromatic rings. The minimum absolute atomic E-state index is 0.0246. The highest BCUT2D eigenvalue weighted by molar-refractivity contribution is 7.89. The zero-order valence-corrected chi connectivity index (χ0v) is 18.1. The van der Waals surface area contributed by atoms with E-state index >= 15 is 0 Å². The normalized spacial score (nSPS) is 11.4. The summed E-state index contributed by atoms with van der Waals surface area (Å²) in [5, 5.41) is 15.6. The Morgan fingerprint density at radius 3 is 2.53 bits per heavy atom. The fraction of sp³-hybridized carbons (Fsp3) is 0.316. The SMILES string of the molecule is CCCCCOc1c(OC)cc(/C=N/NS(=O)(=O)c2ccc(Cl)cc2)cc1[N+](=O)[O-]. The summed E-state index contributed by atoms with van der Waals surface area (Å²) in [4.78, 5) is 12.9. The number of sulfonamides is 1. The van der Waals surface area contributed by atoms with Crippen molar-refractivity contribution in [3.8, 4) is 11.5 Å². The van der Waals surface area contributed by atoms with Crippen molar-refractivity contribution in [2.24, 2.45) is 5.10 Å². The Kier molecular flexibility index (Phi) is 8.43. The minimum atomic E-state index is -3.91. The second-order valence-corrected chi connectivity index (χ2v) is 8.29. The molecule has 0 saturated heterocycles. The predicted molar refractivity (Wildman–Crippen MR) is 114 cm³/mol. The molecular formula is C19H22ClN3O6S. The number of nitrogens with zero attached hydrogens (tertiary/aromatic N) is 2. The number of hydrogen-bond acceptors (Lipinski definition) is 7. The third-order valence-electron chi connectivity index (χ3n) is 3.98. The summed E-state index contributed by atoms with van der Waals surface area (Å²) >= 11 is 5.75. The Bertz CT molecular complexity index is 1010. The zero-order chi connectivity index (χ0) is 22.1.